The number of hydrogen-bond acceptors (Lipinski definition) is 2. The molecule has 1 aromatic rings. The van der Waals surface area contributed by atoms with E-state index in [1.807, 2.05) is 0 Å². The van der Waals surface area contributed by atoms with Crippen LogP contribution < -0.4 is 10.6 Å². The fraction of sp³-hybridized carbons (Fsp3) is 0.462. The van der Waals surface area contributed by atoms with Crippen molar-refractivity contribution < 1.29 is 13.6 Å². The zero-order valence-electron chi connectivity index (χ0n) is 10.2. The lowest BCUT2D eigenvalue weighted by molar-refractivity contribution is 0.0922. The summed E-state index contributed by atoms with van der Waals surface area (Å²) in [6.45, 7) is 3.06. The van der Waals surface area contributed by atoms with E-state index >= 15 is 0 Å². The molecule has 0 bridgehead atoms. The van der Waals surface area contributed by atoms with Crippen LogP contribution in [0.15, 0.2) is 12.1 Å². The number of aryl methyl sites for hydroxylation is 1. The highest BCUT2D eigenvalue weighted by molar-refractivity contribution is 5.95. The average molecular weight is 254 g/mol. The molecule has 1 aromatic carbocycles. The molecule has 1 atom stereocenters. The molecular weight excluding hydrogens is 238 g/mol. The van der Waals surface area contributed by atoms with E-state index in [0.717, 1.165) is 25.5 Å². The largest absolute Gasteiger partial charge is 0.348 e. The maximum absolute atomic E-state index is 13.8. The number of halogens is 2. The summed E-state index contributed by atoms with van der Waals surface area (Å²) in [4.78, 5) is 11.9. The topological polar surface area (TPSA) is 41.1 Å². The van der Waals surface area contributed by atoms with E-state index in [2.05, 4.69) is 10.6 Å². The van der Waals surface area contributed by atoms with Crippen molar-refractivity contribution in [1.82, 2.24) is 10.6 Å². The Bertz CT molecular complexity index is 457. The summed E-state index contributed by atoms with van der Waals surface area (Å²) in [6, 6.07) is 2.38. The van der Waals surface area contributed by atoms with Crippen LogP contribution in [0.25, 0.3) is 0 Å². The second kappa shape index (κ2) is 5.44. The maximum atomic E-state index is 13.8. The van der Waals surface area contributed by atoms with Crippen molar-refractivity contribution in [3.05, 3.63) is 34.9 Å². The van der Waals surface area contributed by atoms with Gasteiger partial charge in [0, 0.05) is 12.6 Å². The minimum absolute atomic E-state index is 0.0643. The van der Waals surface area contributed by atoms with Gasteiger partial charge in [-0.3, -0.25) is 4.79 Å². The Balaban J connectivity index is 2.15. The summed E-state index contributed by atoms with van der Waals surface area (Å²) in [7, 11) is 0. The highest BCUT2D eigenvalue weighted by Crippen LogP contribution is 2.16. The molecule has 2 N–H and O–H groups in total. The normalized spacial score (nSPS) is 19.6. The minimum atomic E-state index is -0.820. The first-order valence-electron chi connectivity index (χ1n) is 6.06. The summed E-state index contributed by atoms with van der Waals surface area (Å²) in [6.07, 6.45) is 1.78. The lowest BCUT2D eigenvalue weighted by atomic mass is 10.1. The van der Waals surface area contributed by atoms with E-state index in [0.29, 0.717) is 6.54 Å². The molecule has 5 heteroatoms. The van der Waals surface area contributed by atoms with Gasteiger partial charge in [0.15, 0.2) is 0 Å². The Morgan fingerprint density at radius 2 is 2.22 bits per heavy atom. The van der Waals surface area contributed by atoms with Crippen molar-refractivity contribution in [2.24, 2.45) is 0 Å². The van der Waals surface area contributed by atoms with Crippen molar-refractivity contribution in [2.45, 2.75) is 25.8 Å². The first kappa shape index (κ1) is 13.0. The van der Waals surface area contributed by atoms with Gasteiger partial charge in [-0.15, -0.1) is 0 Å². The van der Waals surface area contributed by atoms with E-state index in [-0.39, 0.29) is 11.6 Å². The standard InChI is InChI=1S/C13H16F2N2O/c1-8-4-5-10(14)11(12(8)15)13(18)17-9-3-2-6-16-7-9/h4-5,9,16H,2-3,6-7H2,1H3,(H,17,18). The van der Waals surface area contributed by atoms with Crippen LogP contribution in [-0.2, 0) is 0 Å². The molecule has 2 rings (SSSR count). The first-order chi connectivity index (χ1) is 8.59. The number of carbonyl (C=O) groups is 1. The van der Waals surface area contributed by atoms with Gasteiger partial charge < -0.3 is 10.6 Å². The van der Waals surface area contributed by atoms with Gasteiger partial charge in [0.25, 0.3) is 5.91 Å². The van der Waals surface area contributed by atoms with Gasteiger partial charge in [0.05, 0.1) is 0 Å². The molecule has 1 amide bonds. The lowest BCUT2D eigenvalue weighted by Crippen LogP contribution is -2.46. The molecule has 98 valence electrons. The highest BCUT2D eigenvalue weighted by atomic mass is 19.1. The maximum Gasteiger partial charge on any atom is 0.257 e. The van der Waals surface area contributed by atoms with Gasteiger partial charge in [-0.05, 0) is 37.9 Å². The third-order valence-electron chi connectivity index (χ3n) is 3.14. The predicted octanol–water partition coefficient (Wildman–Crippen LogP) is 1.76. The van der Waals surface area contributed by atoms with Crippen LogP contribution in [0.3, 0.4) is 0 Å². The van der Waals surface area contributed by atoms with Gasteiger partial charge in [-0.2, -0.15) is 0 Å². The molecule has 0 aliphatic carbocycles. The molecule has 3 nitrogen and oxygen atoms in total. The monoisotopic (exact) mass is 254 g/mol. The summed E-state index contributed by atoms with van der Waals surface area (Å²) >= 11 is 0. The highest BCUT2D eigenvalue weighted by Gasteiger charge is 2.22. The smallest absolute Gasteiger partial charge is 0.257 e. The number of hydrogen-bond donors (Lipinski definition) is 2. The quantitative estimate of drug-likeness (QED) is 0.844. The zero-order chi connectivity index (χ0) is 13.1. The average Bonchev–Trinajstić information content (AvgIpc) is 2.36. The first-order valence-corrected chi connectivity index (χ1v) is 6.06. The Morgan fingerprint density at radius 1 is 1.44 bits per heavy atom. The third kappa shape index (κ3) is 2.67. The second-order valence-corrected chi connectivity index (χ2v) is 4.57. The number of benzene rings is 1. The summed E-state index contributed by atoms with van der Waals surface area (Å²) in [5.74, 6) is -2.28. The molecule has 0 spiro atoms. The molecule has 1 saturated heterocycles. The van der Waals surface area contributed by atoms with E-state index in [1.165, 1.54) is 13.0 Å². The van der Waals surface area contributed by atoms with Crippen LogP contribution >= 0.6 is 0 Å². The molecule has 0 saturated carbocycles. The molecular formula is C13H16F2N2O. The molecule has 1 unspecified atom stereocenters. The van der Waals surface area contributed by atoms with Gasteiger partial charge in [-0.25, -0.2) is 8.78 Å². The van der Waals surface area contributed by atoms with Crippen LogP contribution in [0, 0.1) is 18.6 Å². The minimum Gasteiger partial charge on any atom is -0.348 e. The molecule has 1 aliphatic heterocycles. The Labute approximate surface area is 105 Å². The molecule has 1 aliphatic rings. The SMILES string of the molecule is Cc1ccc(F)c(C(=O)NC2CCCNC2)c1F. The molecule has 18 heavy (non-hydrogen) atoms. The van der Waals surface area contributed by atoms with Crippen LogP contribution in [-0.4, -0.2) is 25.0 Å². The second-order valence-electron chi connectivity index (χ2n) is 4.57. The van der Waals surface area contributed by atoms with E-state index in [4.69, 9.17) is 0 Å². The van der Waals surface area contributed by atoms with Crippen molar-refractivity contribution >= 4 is 5.91 Å². The fourth-order valence-corrected chi connectivity index (χ4v) is 2.10. The number of nitrogens with one attached hydrogen (secondary N) is 2. The zero-order valence-corrected chi connectivity index (χ0v) is 10.2. The molecule has 0 aromatic heterocycles. The number of amides is 1. The fourth-order valence-electron chi connectivity index (χ4n) is 2.10. The van der Waals surface area contributed by atoms with Gasteiger partial charge >= 0.3 is 0 Å². The Hall–Kier alpha value is -1.49. The Morgan fingerprint density at radius 3 is 2.89 bits per heavy atom. The summed E-state index contributed by atoms with van der Waals surface area (Å²) in [5.41, 5.74) is -0.219. The molecule has 1 heterocycles. The van der Waals surface area contributed by atoms with Crippen LogP contribution in [0.1, 0.15) is 28.8 Å². The van der Waals surface area contributed by atoms with Gasteiger partial charge in [0.2, 0.25) is 0 Å². The van der Waals surface area contributed by atoms with Crippen molar-refractivity contribution in [1.29, 1.82) is 0 Å². The van der Waals surface area contributed by atoms with E-state index in [9.17, 15) is 13.6 Å². The summed E-state index contributed by atoms with van der Waals surface area (Å²) < 4.78 is 27.3. The van der Waals surface area contributed by atoms with Crippen molar-refractivity contribution in [2.75, 3.05) is 13.1 Å². The Kier molecular flexibility index (Phi) is 3.91. The van der Waals surface area contributed by atoms with E-state index < -0.39 is 23.1 Å². The third-order valence-corrected chi connectivity index (χ3v) is 3.14. The van der Waals surface area contributed by atoms with Crippen molar-refractivity contribution in [3.63, 3.8) is 0 Å². The van der Waals surface area contributed by atoms with E-state index in [1.54, 1.807) is 0 Å². The number of piperidine rings is 1. The lowest BCUT2D eigenvalue weighted by Gasteiger charge is -2.24. The predicted molar refractivity (Wildman–Crippen MR) is 64.5 cm³/mol. The van der Waals surface area contributed by atoms with Crippen LogP contribution in [0.2, 0.25) is 0 Å². The van der Waals surface area contributed by atoms with Crippen LogP contribution in [0.5, 0.6) is 0 Å². The number of carbonyl (C=O) groups excluding carboxylic acids is 1. The van der Waals surface area contributed by atoms with Gasteiger partial charge in [0.1, 0.15) is 17.2 Å². The molecule has 0 radical (unpaired) electrons. The van der Waals surface area contributed by atoms with Crippen molar-refractivity contribution in [3.8, 4) is 0 Å². The number of rotatable bonds is 2. The molecule has 1 fully saturated rings. The van der Waals surface area contributed by atoms with Crippen LogP contribution in [0.4, 0.5) is 8.78 Å². The van der Waals surface area contributed by atoms with Gasteiger partial charge in [-0.1, -0.05) is 6.07 Å². The summed E-state index contributed by atoms with van der Waals surface area (Å²) in [5, 5.41) is 5.79.